The largest absolute Gasteiger partial charge is 0.493 e. The number of anilines is 1. The predicted octanol–water partition coefficient (Wildman–Crippen LogP) is 5.93. The van der Waals surface area contributed by atoms with Crippen molar-refractivity contribution in [1.82, 2.24) is 9.97 Å². The molecule has 0 radical (unpaired) electrons. The summed E-state index contributed by atoms with van der Waals surface area (Å²) in [5, 5.41) is 1.15. The molecule has 0 N–H and O–H groups in total. The molecule has 0 atom stereocenters. The van der Waals surface area contributed by atoms with Crippen LogP contribution in [-0.2, 0) is 11.3 Å². The van der Waals surface area contributed by atoms with E-state index in [1.54, 1.807) is 50.6 Å². The second-order valence-corrected chi connectivity index (χ2v) is 8.96. The number of aryl methyl sites for hydroxylation is 1. The number of halogens is 1. The molecule has 35 heavy (non-hydrogen) atoms. The van der Waals surface area contributed by atoms with Gasteiger partial charge in [0.2, 0.25) is 5.75 Å². The first kappa shape index (κ1) is 24.5. The van der Waals surface area contributed by atoms with Gasteiger partial charge < -0.3 is 14.2 Å². The summed E-state index contributed by atoms with van der Waals surface area (Å²) in [7, 11) is 4.64. The molecule has 0 spiro atoms. The van der Waals surface area contributed by atoms with Crippen molar-refractivity contribution in [3.8, 4) is 17.2 Å². The Morgan fingerprint density at radius 2 is 1.83 bits per heavy atom. The fraction of sp³-hybridized carbons (Fsp3) is 0.192. The number of rotatable bonds is 8. The summed E-state index contributed by atoms with van der Waals surface area (Å²) in [6.45, 7) is 2.23. The minimum Gasteiger partial charge on any atom is -0.493 e. The molecule has 4 rings (SSSR count). The number of fused-ring (bicyclic) bond motifs is 1. The average Bonchev–Trinajstić information content (AvgIpc) is 3.34. The molecule has 2 aromatic heterocycles. The first-order chi connectivity index (χ1) is 16.9. The first-order valence-corrected chi connectivity index (χ1v) is 11.9. The zero-order chi connectivity index (χ0) is 24.9. The van der Waals surface area contributed by atoms with Gasteiger partial charge in [0, 0.05) is 12.3 Å². The maximum absolute atomic E-state index is 13.5. The van der Waals surface area contributed by atoms with E-state index < -0.39 is 0 Å². The summed E-state index contributed by atoms with van der Waals surface area (Å²) >= 11 is 7.79. The molecule has 0 saturated heterocycles. The van der Waals surface area contributed by atoms with Crippen molar-refractivity contribution in [3.63, 3.8) is 0 Å². The molecule has 4 aromatic rings. The lowest BCUT2D eigenvalue weighted by Crippen LogP contribution is -2.29. The van der Waals surface area contributed by atoms with Crippen LogP contribution in [0.4, 0.5) is 5.13 Å². The highest BCUT2D eigenvalue weighted by molar-refractivity contribution is 7.23. The third kappa shape index (κ3) is 5.23. The van der Waals surface area contributed by atoms with Gasteiger partial charge in [-0.25, -0.2) is 4.98 Å². The number of hydrogen-bond acceptors (Lipinski definition) is 7. The summed E-state index contributed by atoms with van der Waals surface area (Å²) in [6, 6.07) is 12.9. The van der Waals surface area contributed by atoms with Gasteiger partial charge >= 0.3 is 0 Å². The van der Waals surface area contributed by atoms with Crippen molar-refractivity contribution in [2.75, 3.05) is 26.2 Å². The third-order valence-corrected chi connectivity index (χ3v) is 6.87. The van der Waals surface area contributed by atoms with Gasteiger partial charge in [-0.15, -0.1) is 0 Å². The molecule has 0 unspecified atom stereocenters. The molecule has 7 nitrogen and oxygen atoms in total. The highest BCUT2D eigenvalue weighted by Gasteiger charge is 2.21. The number of methoxy groups -OCH3 is 3. The Hall–Kier alpha value is -3.62. The van der Waals surface area contributed by atoms with E-state index >= 15 is 0 Å². The number of carbonyl (C=O) groups is 1. The Morgan fingerprint density at radius 3 is 2.43 bits per heavy atom. The SMILES string of the molecule is COc1cc(/C=C/C(=O)N(Cc2ccccn2)c2nc3c(C)ccc(Cl)c3s2)cc(OC)c1OC. The lowest BCUT2D eigenvalue weighted by Gasteiger charge is -2.18. The Labute approximate surface area is 212 Å². The number of carbonyl (C=O) groups excluding carboxylic acids is 1. The molecule has 1 amide bonds. The van der Waals surface area contributed by atoms with Crippen molar-refractivity contribution in [1.29, 1.82) is 0 Å². The van der Waals surface area contributed by atoms with E-state index in [9.17, 15) is 4.79 Å². The molecule has 0 aliphatic heterocycles. The molecule has 2 aromatic carbocycles. The molecular formula is C26H24ClN3O4S. The van der Waals surface area contributed by atoms with Gasteiger partial charge in [0.05, 0.1) is 48.8 Å². The number of nitrogens with zero attached hydrogens (tertiary/aromatic N) is 3. The summed E-state index contributed by atoms with van der Waals surface area (Å²) < 4.78 is 17.0. The fourth-order valence-corrected chi connectivity index (χ4v) is 4.88. The van der Waals surface area contributed by atoms with Crippen LogP contribution in [0.1, 0.15) is 16.8 Å². The number of pyridine rings is 1. The Balaban J connectivity index is 1.72. The Morgan fingerprint density at radius 1 is 1.09 bits per heavy atom. The van der Waals surface area contributed by atoms with Crippen LogP contribution in [0, 0.1) is 6.92 Å². The van der Waals surface area contributed by atoms with Crippen LogP contribution in [0.25, 0.3) is 16.3 Å². The standard InChI is InChI=1S/C26H24ClN3O4S/c1-16-8-10-19(27)25-23(16)29-26(35-25)30(15-18-7-5-6-12-28-18)22(31)11-9-17-13-20(32-2)24(34-4)21(14-17)33-3/h5-14H,15H2,1-4H3/b11-9+. The van der Waals surface area contributed by atoms with Crippen LogP contribution < -0.4 is 19.1 Å². The van der Waals surface area contributed by atoms with Crippen molar-refractivity contribution in [3.05, 3.63) is 76.6 Å². The first-order valence-electron chi connectivity index (χ1n) is 10.7. The lowest BCUT2D eigenvalue weighted by molar-refractivity contribution is -0.114. The van der Waals surface area contributed by atoms with Crippen molar-refractivity contribution in [2.24, 2.45) is 0 Å². The molecule has 9 heteroatoms. The van der Waals surface area contributed by atoms with Crippen LogP contribution in [0.2, 0.25) is 5.02 Å². The minimum atomic E-state index is -0.253. The van der Waals surface area contributed by atoms with Gasteiger partial charge in [-0.05, 0) is 54.5 Å². The van der Waals surface area contributed by atoms with E-state index in [4.69, 9.17) is 30.8 Å². The normalized spacial score (nSPS) is 11.1. The number of benzene rings is 2. The fourth-order valence-electron chi connectivity index (χ4n) is 3.55. The summed E-state index contributed by atoms with van der Waals surface area (Å²) in [6.07, 6.45) is 4.89. The van der Waals surface area contributed by atoms with Crippen LogP contribution in [0.3, 0.4) is 0 Å². The Bertz CT molecular complexity index is 1320. The summed E-state index contributed by atoms with van der Waals surface area (Å²) in [5.41, 5.74) is 3.23. The van der Waals surface area contributed by atoms with Crippen LogP contribution in [0.5, 0.6) is 17.2 Å². The van der Waals surface area contributed by atoms with Crippen LogP contribution in [0.15, 0.2) is 54.7 Å². The number of ether oxygens (including phenoxy) is 3. The van der Waals surface area contributed by atoms with Gasteiger partial charge in [0.1, 0.15) is 0 Å². The van der Waals surface area contributed by atoms with Crippen molar-refractivity contribution < 1.29 is 19.0 Å². The smallest absolute Gasteiger partial charge is 0.253 e. The number of thiazole rings is 1. The monoisotopic (exact) mass is 509 g/mol. The summed E-state index contributed by atoms with van der Waals surface area (Å²) in [5.74, 6) is 1.23. The number of aromatic nitrogens is 2. The molecule has 0 fully saturated rings. The average molecular weight is 510 g/mol. The van der Waals surface area contributed by atoms with E-state index in [1.807, 2.05) is 37.3 Å². The lowest BCUT2D eigenvalue weighted by atomic mass is 10.1. The topological polar surface area (TPSA) is 73.8 Å². The minimum absolute atomic E-state index is 0.253. The third-order valence-electron chi connectivity index (χ3n) is 5.33. The van der Waals surface area contributed by atoms with E-state index in [0.29, 0.717) is 33.0 Å². The van der Waals surface area contributed by atoms with Crippen molar-refractivity contribution >= 4 is 50.3 Å². The van der Waals surface area contributed by atoms with Crippen LogP contribution >= 0.6 is 22.9 Å². The van der Waals surface area contributed by atoms with Crippen LogP contribution in [-0.4, -0.2) is 37.2 Å². The predicted molar refractivity (Wildman–Crippen MR) is 140 cm³/mol. The Kier molecular flexibility index (Phi) is 7.53. The molecule has 0 saturated carbocycles. The number of hydrogen-bond donors (Lipinski definition) is 0. The van der Waals surface area contributed by atoms with Gasteiger partial charge in [0.15, 0.2) is 16.6 Å². The van der Waals surface area contributed by atoms with Crippen molar-refractivity contribution in [2.45, 2.75) is 13.5 Å². The second kappa shape index (κ2) is 10.8. The zero-order valence-electron chi connectivity index (χ0n) is 19.7. The molecular weight excluding hydrogens is 486 g/mol. The molecule has 2 heterocycles. The molecule has 0 bridgehead atoms. The van der Waals surface area contributed by atoms with Gasteiger partial charge in [-0.3, -0.25) is 14.7 Å². The van der Waals surface area contributed by atoms with E-state index in [-0.39, 0.29) is 12.5 Å². The quantitative estimate of drug-likeness (QED) is 0.274. The summed E-state index contributed by atoms with van der Waals surface area (Å²) in [4.78, 5) is 24.2. The molecule has 0 aliphatic rings. The second-order valence-electron chi connectivity index (χ2n) is 7.58. The highest BCUT2D eigenvalue weighted by atomic mass is 35.5. The zero-order valence-corrected chi connectivity index (χ0v) is 21.3. The number of amides is 1. The molecule has 180 valence electrons. The maximum atomic E-state index is 13.5. The van der Waals surface area contributed by atoms with Gasteiger partial charge in [0.25, 0.3) is 5.91 Å². The van der Waals surface area contributed by atoms with Gasteiger partial charge in [-0.1, -0.05) is 35.1 Å². The van der Waals surface area contributed by atoms with E-state index in [2.05, 4.69) is 4.98 Å². The van der Waals surface area contributed by atoms with Gasteiger partial charge in [-0.2, -0.15) is 0 Å². The molecule has 0 aliphatic carbocycles. The van der Waals surface area contributed by atoms with E-state index in [1.165, 1.54) is 17.4 Å². The van der Waals surface area contributed by atoms with E-state index in [0.717, 1.165) is 21.5 Å². The highest BCUT2D eigenvalue weighted by Crippen LogP contribution is 2.39. The maximum Gasteiger partial charge on any atom is 0.253 e.